The smallest absolute Gasteiger partial charge is 0.343 e. The van der Waals surface area contributed by atoms with E-state index in [9.17, 15) is 4.79 Å². The molecule has 0 bridgehead atoms. The molecule has 1 aromatic carbocycles. The molecule has 5 heteroatoms. The molecule has 0 spiro atoms. The molecule has 0 radical (unpaired) electrons. The summed E-state index contributed by atoms with van der Waals surface area (Å²) in [5, 5.41) is 1.40. The third-order valence-corrected chi connectivity index (χ3v) is 2.81. The fraction of sp³-hybridized carbons (Fsp3) is 0.231. The lowest BCUT2D eigenvalue weighted by atomic mass is 10.2. The Balaban J connectivity index is 2.41. The maximum Gasteiger partial charge on any atom is 0.343 e. The molecule has 94 valence electrons. The van der Waals surface area contributed by atoms with Crippen molar-refractivity contribution >= 4 is 28.5 Å². The van der Waals surface area contributed by atoms with E-state index in [1.54, 1.807) is 12.1 Å². The van der Waals surface area contributed by atoms with E-state index in [2.05, 4.69) is 9.72 Å². The molecule has 0 aliphatic rings. The van der Waals surface area contributed by atoms with E-state index in [0.717, 1.165) is 11.1 Å². The molecular formula is C13H12ClNO3. The fourth-order valence-corrected chi connectivity index (χ4v) is 1.78. The van der Waals surface area contributed by atoms with Gasteiger partial charge in [-0.2, -0.15) is 0 Å². The molecule has 4 nitrogen and oxygen atoms in total. The Labute approximate surface area is 109 Å². The van der Waals surface area contributed by atoms with Gasteiger partial charge in [-0.05, 0) is 31.2 Å². The van der Waals surface area contributed by atoms with Crippen LogP contribution in [0, 0.1) is 6.92 Å². The molecular weight excluding hydrogens is 254 g/mol. The number of rotatable bonds is 3. The second kappa shape index (κ2) is 5.23. The zero-order valence-corrected chi connectivity index (χ0v) is 10.8. The van der Waals surface area contributed by atoms with E-state index in [-0.39, 0.29) is 6.61 Å². The molecule has 0 fully saturated rings. The molecule has 0 saturated heterocycles. The molecule has 0 amide bonds. The molecule has 1 aromatic heterocycles. The SMILES string of the molecule is COC(=O)COc1ccc(Cl)c2ccc(C)nc12. The van der Waals surface area contributed by atoms with Gasteiger partial charge < -0.3 is 9.47 Å². The Kier molecular flexibility index (Phi) is 3.67. The lowest BCUT2D eigenvalue weighted by molar-refractivity contribution is -0.142. The van der Waals surface area contributed by atoms with Crippen LogP contribution in [0.3, 0.4) is 0 Å². The number of halogens is 1. The summed E-state index contributed by atoms with van der Waals surface area (Å²) in [5.74, 6) is 0.0780. The Morgan fingerprint density at radius 3 is 2.83 bits per heavy atom. The Hall–Kier alpha value is -1.81. The number of carbonyl (C=O) groups excluding carboxylic acids is 1. The Bertz CT molecular complexity index is 598. The summed E-state index contributed by atoms with van der Waals surface area (Å²) in [6, 6.07) is 7.16. The molecule has 2 aromatic rings. The fourth-order valence-electron chi connectivity index (χ4n) is 1.57. The number of hydrogen-bond acceptors (Lipinski definition) is 4. The highest BCUT2D eigenvalue weighted by molar-refractivity contribution is 6.35. The average molecular weight is 266 g/mol. The second-order valence-electron chi connectivity index (χ2n) is 3.76. The predicted molar refractivity (Wildman–Crippen MR) is 69.0 cm³/mol. The van der Waals surface area contributed by atoms with E-state index >= 15 is 0 Å². The minimum Gasteiger partial charge on any atom is -0.480 e. The van der Waals surface area contributed by atoms with Gasteiger partial charge in [-0.15, -0.1) is 0 Å². The number of benzene rings is 1. The van der Waals surface area contributed by atoms with Crippen LogP contribution in [0.5, 0.6) is 5.75 Å². The van der Waals surface area contributed by atoms with Crippen LogP contribution >= 0.6 is 11.6 Å². The van der Waals surface area contributed by atoms with Gasteiger partial charge in [0.2, 0.25) is 0 Å². The highest BCUT2D eigenvalue weighted by Crippen LogP contribution is 2.30. The maximum absolute atomic E-state index is 11.1. The summed E-state index contributed by atoms with van der Waals surface area (Å²) >= 11 is 6.08. The quantitative estimate of drug-likeness (QED) is 0.801. The molecule has 0 atom stereocenters. The van der Waals surface area contributed by atoms with E-state index in [4.69, 9.17) is 16.3 Å². The molecule has 1 heterocycles. The van der Waals surface area contributed by atoms with Crippen molar-refractivity contribution in [2.24, 2.45) is 0 Å². The van der Waals surface area contributed by atoms with Gasteiger partial charge >= 0.3 is 5.97 Å². The summed E-state index contributed by atoms with van der Waals surface area (Å²) in [6.07, 6.45) is 0. The summed E-state index contributed by atoms with van der Waals surface area (Å²) in [7, 11) is 1.31. The standard InChI is InChI=1S/C13H12ClNO3/c1-8-3-4-9-10(14)5-6-11(13(9)15-8)18-7-12(16)17-2/h3-6H,7H2,1-2H3. The van der Waals surface area contributed by atoms with Crippen LogP contribution in [0.4, 0.5) is 0 Å². The molecule has 0 N–H and O–H groups in total. The first-order valence-corrected chi connectivity index (χ1v) is 5.75. The Morgan fingerprint density at radius 2 is 2.11 bits per heavy atom. The van der Waals surface area contributed by atoms with Gasteiger partial charge in [-0.1, -0.05) is 11.6 Å². The van der Waals surface area contributed by atoms with Crippen molar-refractivity contribution in [1.29, 1.82) is 0 Å². The zero-order chi connectivity index (χ0) is 13.1. The summed E-state index contributed by atoms with van der Waals surface area (Å²) in [4.78, 5) is 15.4. The van der Waals surface area contributed by atoms with E-state index in [0.29, 0.717) is 16.3 Å². The molecule has 18 heavy (non-hydrogen) atoms. The molecule has 2 rings (SSSR count). The van der Waals surface area contributed by atoms with Gasteiger partial charge in [0.15, 0.2) is 6.61 Å². The topological polar surface area (TPSA) is 48.4 Å². The minimum atomic E-state index is -0.439. The Morgan fingerprint density at radius 1 is 1.33 bits per heavy atom. The average Bonchev–Trinajstić information content (AvgIpc) is 2.37. The van der Waals surface area contributed by atoms with E-state index in [1.807, 2.05) is 19.1 Å². The van der Waals surface area contributed by atoms with Crippen molar-refractivity contribution in [1.82, 2.24) is 4.98 Å². The van der Waals surface area contributed by atoms with Gasteiger partial charge in [0.25, 0.3) is 0 Å². The second-order valence-corrected chi connectivity index (χ2v) is 4.17. The van der Waals surface area contributed by atoms with E-state index in [1.165, 1.54) is 7.11 Å². The van der Waals surface area contributed by atoms with Crippen LogP contribution in [-0.4, -0.2) is 24.7 Å². The highest BCUT2D eigenvalue weighted by Gasteiger charge is 2.09. The van der Waals surface area contributed by atoms with Crippen molar-refractivity contribution in [3.63, 3.8) is 0 Å². The van der Waals surface area contributed by atoms with Gasteiger partial charge in [0, 0.05) is 11.1 Å². The number of pyridine rings is 1. The first-order chi connectivity index (χ1) is 8.61. The van der Waals surface area contributed by atoms with Gasteiger partial charge in [-0.3, -0.25) is 0 Å². The van der Waals surface area contributed by atoms with Gasteiger partial charge in [0.05, 0.1) is 12.1 Å². The lowest BCUT2D eigenvalue weighted by Gasteiger charge is -2.09. The van der Waals surface area contributed by atoms with Crippen LogP contribution in [0.15, 0.2) is 24.3 Å². The first-order valence-electron chi connectivity index (χ1n) is 5.37. The number of nitrogens with zero attached hydrogens (tertiary/aromatic N) is 1. The van der Waals surface area contributed by atoms with Crippen LogP contribution in [-0.2, 0) is 9.53 Å². The van der Waals surface area contributed by atoms with Crippen molar-refractivity contribution in [2.75, 3.05) is 13.7 Å². The molecule has 0 aliphatic heterocycles. The number of carbonyl (C=O) groups is 1. The van der Waals surface area contributed by atoms with Gasteiger partial charge in [-0.25, -0.2) is 9.78 Å². The number of ether oxygens (including phenoxy) is 2. The molecule has 0 unspecified atom stereocenters. The van der Waals surface area contributed by atoms with Crippen molar-refractivity contribution in [2.45, 2.75) is 6.92 Å². The van der Waals surface area contributed by atoms with Crippen molar-refractivity contribution in [3.8, 4) is 5.75 Å². The van der Waals surface area contributed by atoms with Crippen LogP contribution in [0.25, 0.3) is 10.9 Å². The third-order valence-electron chi connectivity index (χ3n) is 2.48. The highest BCUT2D eigenvalue weighted by atomic mass is 35.5. The third kappa shape index (κ3) is 2.54. The van der Waals surface area contributed by atoms with Gasteiger partial charge in [0.1, 0.15) is 11.3 Å². The summed E-state index contributed by atoms with van der Waals surface area (Å²) < 4.78 is 9.91. The van der Waals surface area contributed by atoms with Crippen LogP contribution in [0.1, 0.15) is 5.69 Å². The van der Waals surface area contributed by atoms with Crippen LogP contribution < -0.4 is 4.74 Å². The maximum atomic E-state index is 11.1. The summed E-state index contributed by atoms with van der Waals surface area (Å²) in [5.41, 5.74) is 1.50. The van der Waals surface area contributed by atoms with E-state index < -0.39 is 5.97 Å². The number of methoxy groups -OCH3 is 1. The number of hydrogen-bond donors (Lipinski definition) is 0. The molecule has 0 aliphatic carbocycles. The lowest BCUT2D eigenvalue weighted by Crippen LogP contribution is -2.12. The monoisotopic (exact) mass is 265 g/mol. The first kappa shape index (κ1) is 12.6. The number of fused-ring (bicyclic) bond motifs is 1. The van der Waals surface area contributed by atoms with Crippen LogP contribution in [0.2, 0.25) is 5.02 Å². The normalized spacial score (nSPS) is 10.4. The van der Waals surface area contributed by atoms with Crippen molar-refractivity contribution in [3.05, 3.63) is 35.0 Å². The molecule has 0 saturated carbocycles. The zero-order valence-electron chi connectivity index (χ0n) is 10.1. The summed E-state index contributed by atoms with van der Waals surface area (Å²) in [6.45, 7) is 1.73. The number of aromatic nitrogens is 1. The minimum absolute atomic E-state index is 0.150. The van der Waals surface area contributed by atoms with Crippen molar-refractivity contribution < 1.29 is 14.3 Å². The number of aryl methyl sites for hydroxylation is 1. The largest absolute Gasteiger partial charge is 0.480 e. The number of esters is 1. The predicted octanol–water partition coefficient (Wildman–Crippen LogP) is 2.75.